The molecule has 2 heteroatoms. The molecule has 4 atom stereocenters. The summed E-state index contributed by atoms with van der Waals surface area (Å²) in [5.41, 5.74) is -0.379. The van der Waals surface area contributed by atoms with Crippen molar-refractivity contribution in [2.24, 2.45) is 17.3 Å². The van der Waals surface area contributed by atoms with Crippen LogP contribution in [0.15, 0.2) is 0 Å². The van der Waals surface area contributed by atoms with Gasteiger partial charge in [-0.25, -0.2) is 0 Å². The maximum atomic E-state index is 10.5. The van der Waals surface area contributed by atoms with Gasteiger partial charge in [0.05, 0.1) is 11.7 Å². The van der Waals surface area contributed by atoms with E-state index in [1.54, 1.807) is 0 Å². The van der Waals surface area contributed by atoms with Crippen LogP contribution in [0.3, 0.4) is 0 Å². The molecule has 4 rings (SSSR count). The molecular formula is C13H22O2. The lowest BCUT2D eigenvalue weighted by molar-refractivity contribution is -0.126. The van der Waals surface area contributed by atoms with Crippen molar-refractivity contribution in [3.8, 4) is 0 Å². The van der Waals surface area contributed by atoms with Crippen molar-refractivity contribution in [1.82, 2.24) is 0 Å². The van der Waals surface area contributed by atoms with E-state index in [0.29, 0.717) is 12.0 Å². The minimum Gasteiger partial charge on any atom is -0.390 e. The van der Waals surface area contributed by atoms with Gasteiger partial charge in [-0.2, -0.15) is 0 Å². The molecule has 4 aliphatic rings. The van der Waals surface area contributed by atoms with Gasteiger partial charge in [-0.15, -0.1) is 0 Å². The van der Waals surface area contributed by atoms with Gasteiger partial charge in [0, 0.05) is 12.0 Å². The summed E-state index contributed by atoms with van der Waals surface area (Å²) in [6, 6.07) is 0. The molecule has 0 amide bonds. The second-order valence-corrected chi connectivity index (χ2v) is 6.61. The average molecular weight is 210 g/mol. The Morgan fingerprint density at radius 2 is 1.87 bits per heavy atom. The van der Waals surface area contributed by atoms with Crippen molar-refractivity contribution in [1.29, 1.82) is 0 Å². The Balaban J connectivity index is 1.97. The Hall–Kier alpha value is -0.0800. The topological polar surface area (TPSA) is 29.5 Å². The Morgan fingerprint density at radius 1 is 1.13 bits per heavy atom. The molecule has 0 aromatic carbocycles. The number of fused-ring (bicyclic) bond motifs is 1. The summed E-state index contributed by atoms with van der Waals surface area (Å²) in [6.07, 6.45) is 6.52. The van der Waals surface area contributed by atoms with Gasteiger partial charge in [-0.05, 0) is 57.8 Å². The fraction of sp³-hybridized carbons (Fsp3) is 1.00. The van der Waals surface area contributed by atoms with E-state index < -0.39 is 5.60 Å². The van der Waals surface area contributed by atoms with Crippen molar-refractivity contribution < 1.29 is 9.84 Å². The lowest BCUT2D eigenvalue weighted by atomic mass is 9.53. The van der Waals surface area contributed by atoms with Gasteiger partial charge >= 0.3 is 0 Å². The van der Waals surface area contributed by atoms with Crippen molar-refractivity contribution >= 4 is 0 Å². The average Bonchev–Trinajstić information content (AvgIpc) is 2.31. The molecule has 4 fully saturated rings. The molecule has 2 nitrogen and oxygen atoms in total. The summed E-state index contributed by atoms with van der Waals surface area (Å²) in [7, 11) is 0. The van der Waals surface area contributed by atoms with E-state index in [0.717, 1.165) is 18.9 Å². The third-order valence-electron chi connectivity index (χ3n) is 5.11. The maximum absolute atomic E-state index is 10.5. The fourth-order valence-electron chi connectivity index (χ4n) is 4.34. The van der Waals surface area contributed by atoms with Crippen LogP contribution in [-0.2, 0) is 4.74 Å². The zero-order valence-electron chi connectivity index (χ0n) is 9.83. The molecular weight excluding hydrogens is 188 g/mol. The highest BCUT2D eigenvalue weighted by Gasteiger charge is 2.55. The van der Waals surface area contributed by atoms with Gasteiger partial charge in [0.1, 0.15) is 0 Å². The summed E-state index contributed by atoms with van der Waals surface area (Å²) in [5.74, 6) is 1.53. The van der Waals surface area contributed by atoms with E-state index in [2.05, 4.69) is 0 Å². The molecule has 2 heterocycles. The molecule has 1 N–H and O–H groups in total. The Kier molecular flexibility index (Phi) is 2.01. The predicted octanol–water partition coefficient (Wildman–Crippen LogP) is 2.35. The predicted molar refractivity (Wildman–Crippen MR) is 58.5 cm³/mol. The SMILES string of the molecule is CC(C)(O)C12CC3COC(CC(C3)C1)C2. The van der Waals surface area contributed by atoms with E-state index in [1.807, 2.05) is 13.8 Å². The van der Waals surface area contributed by atoms with Gasteiger partial charge in [0.2, 0.25) is 0 Å². The van der Waals surface area contributed by atoms with Gasteiger partial charge in [-0.1, -0.05) is 0 Å². The minimum atomic E-state index is -0.531. The van der Waals surface area contributed by atoms with E-state index >= 15 is 0 Å². The standard InChI is InChI=1S/C13H22O2/c1-12(2,14)13-5-9-3-10(6-13)8-15-11(4-9)7-13/h9-11,14H,3-8H2,1-2H3. The van der Waals surface area contributed by atoms with Crippen molar-refractivity contribution in [2.75, 3.05) is 6.61 Å². The second kappa shape index (κ2) is 2.98. The smallest absolute Gasteiger partial charge is 0.0648 e. The van der Waals surface area contributed by atoms with Crippen LogP contribution in [-0.4, -0.2) is 23.4 Å². The molecule has 4 bridgehead atoms. The molecule has 0 aromatic rings. The van der Waals surface area contributed by atoms with Crippen LogP contribution >= 0.6 is 0 Å². The molecule has 0 aromatic heterocycles. The Morgan fingerprint density at radius 3 is 2.60 bits per heavy atom. The molecule has 4 unspecified atom stereocenters. The third-order valence-corrected chi connectivity index (χ3v) is 5.11. The van der Waals surface area contributed by atoms with Crippen LogP contribution in [0.2, 0.25) is 0 Å². The quantitative estimate of drug-likeness (QED) is 0.720. The molecule has 86 valence electrons. The van der Waals surface area contributed by atoms with Crippen LogP contribution < -0.4 is 0 Å². The fourth-order valence-corrected chi connectivity index (χ4v) is 4.34. The summed E-state index contributed by atoms with van der Waals surface area (Å²) < 4.78 is 5.94. The zero-order valence-corrected chi connectivity index (χ0v) is 9.83. The Labute approximate surface area is 92.0 Å². The number of rotatable bonds is 1. The molecule has 2 aliphatic heterocycles. The van der Waals surface area contributed by atoms with E-state index in [4.69, 9.17) is 4.74 Å². The number of aliphatic hydroxyl groups is 1. The molecule has 2 aliphatic carbocycles. The lowest BCUT2D eigenvalue weighted by Crippen LogP contribution is -2.52. The van der Waals surface area contributed by atoms with Gasteiger partial charge in [0.15, 0.2) is 0 Å². The second-order valence-electron chi connectivity index (χ2n) is 6.61. The van der Waals surface area contributed by atoms with Crippen LogP contribution in [0.1, 0.15) is 46.0 Å². The first kappa shape index (κ1) is 10.1. The van der Waals surface area contributed by atoms with Gasteiger partial charge < -0.3 is 9.84 Å². The molecule has 15 heavy (non-hydrogen) atoms. The van der Waals surface area contributed by atoms with E-state index in [-0.39, 0.29) is 5.41 Å². The van der Waals surface area contributed by atoms with Crippen LogP contribution in [0.25, 0.3) is 0 Å². The molecule has 0 spiro atoms. The highest BCUT2D eigenvalue weighted by molar-refractivity contribution is 5.05. The van der Waals surface area contributed by atoms with Crippen LogP contribution in [0.5, 0.6) is 0 Å². The normalized spacial score (nSPS) is 49.4. The maximum Gasteiger partial charge on any atom is 0.0648 e. The van der Waals surface area contributed by atoms with Crippen molar-refractivity contribution in [3.05, 3.63) is 0 Å². The summed E-state index contributed by atoms with van der Waals surface area (Å²) >= 11 is 0. The Bertz CT molecular complexity index is 250. The van der Waals surface area contributed by atoms with E-state index in [9.17, 15) is 5.11 Å². The largest absolute Gasteiger partial charge is 0.390 e. The molecule has 0 radical (unpaired) electrons. The first-order valence-electron chi connectivity index (χ1n) is 6.32. The first-order chi connectivity index (χ1) is 6.98. The number of hydrogen-bond donors (Lipinski definition) is 1. The number of ether oxygens (including phenoxy) is 1. The van der Waals surface area contributed by atoms with Gasteiger partial charge in [-0.3, -0.25) is 0 Å². The summed E-state index contributed by atoms with van der Waals surface area (Å²) in [6.45, 7) is 4.94. The first-order valence-corrected chi connectivity index (χ1v) is 6.32. The summed E-state index contributed by atoms with van der Waals surface area (Å²) in [4.78, 5) is 0. The highest BCUT2D eigenvalue weighted by atomic mass is 16.5. The number of hydrogen-bond acceptors (Lipinski definition) is 2. The highest BCUT2D eigenvalue weighted by Crippen LogP contribution is 2.58. The van der Waals surface area contributed by atoms with Gasteiger partial charge in [0.25, 0.3) is 0 Å². The van der Waals surface area contributed by atoms with Crippen LogP contribution in [0.4, 0.5) is 0 Å². The van der Waals surface area contributed by atoms with Crippen molar-refractivity contribution in [3.63, 3.8) is 0 Å². The van der Waals surface area contributed by atoms with Crippen LogP contribution in [0, 0.1) is 17.3 Å². The monoisotopic (exact) mass is 210 g/mol. The lowest BCUT2D eigenvalue weighted by Gasteiger charge is -2.53. The van der Waals surface area contributed by atoms with E-state index in [1.165, 1.54) is 25.7 Å². The molecule has 2 saturated heterocycles. The zero-order chi connectivity index (χ0) is 10.7. The minimum absolute atomic E-state index is 0.153. The molecule has 2 saturated carbocycles. The van der Waals surface area contributed by atoms with Crippen molar-refractivity contribution in [2.45, 2.75) is 57.7 Å². The third kappa shape index (κ3) is 1.45. The summed E-state index contributed by atoms with van der Waals surface area (Å²) in [5, 5.41) is 10.5.